The minimum Gasteiger partial charge on any atom is -0.480 e. The molecule has 66 valence electrons. The largest absolute Gasteiger partial charge is 0.480 e. The minimum absolute atomic E-state index is 0.270. The van der Waals surface area contributed by atoms with E-state index in [1.807, 2.05) is 0 Å². The third kappa shape index (κ3) is 2.09. The standard InChI is InChI=1S/C7H8BrNO3/c8-5-3-12-2-4(5)1-6(9)7(10)11/h2-3,6H,1,9H2,(H,10,11). The molecule has 1 rings (SSSR count). The fourth-order valence-corrected chi connectivity index (χ4v) is 1.14. The highest BCUT2D eigenvalue weighted by Crippen LogP contribution is 2.18. The second-order valence-electron chi connectivity index (χ2n) is 2.39. The van der Waals surface area contributed by atoms with Crippen LogP contribution in [0.4, 0.5) is 0 Å². The van der Waals surface area contributed by atoms with Gasteiger partial charge in [-0.25, -0.2) is 0 Å². The van der Waals surface area contributed by atoms with Gasteiger partial charge in [-0.05, 0) is 15.9 Å². The van der Waals surface area contributed by atoms with E-state index in [2.05, 4.69) is 15.9 Å². The second-order valence-corrected chi connectivity index (χ2v) is 3.25. The number of nitrogens with two attached hydrogens (primary N) is 1. The fourth-order valence-electron chi connectivity index (χ4n) is 0.778. The Balaban J connectivity index is 2.64. The van der Waals surface area contributed by atoms with Crippen molar-refractivity contribution in [2.45, 2.75) is 12.5 Å². The Bertz CT molecular complexity index is 284. The summed E-state index contributed by atoms with van der Waals surface area (Å²) in [6, 6.07) is -0.876. The molecule has 1 aromatic heterocycles. The van der Waals surface area contributed by atoms with Gasteiger partial charge in [0.25, 0.3) is 0 Å². The Morgan fingerprint density at radius 1 is 1.75 bits per heavy atom. The lowest BCUT2D eigenvalue weighted by Gasteiger charge is -2.03. The van der Waals surface area contributed by atoms with Crippen LogP contribution in [-0.2, 0) is 11.2 Å². The molecule has 0 amide bonds. The lowest BCUT2D eigenvalue weighted by molar-refractivity contribution is -0.138. The third-order valence-corrected chi connectivity index (χ3v) is 2.14. The molecule has 0 bridgehead atoms. The number of carbonyl (C=O) groups is 1. The topological polar surface area (TPSA) is 76.5 Å². The average Bonchev–Trinajstić information content (AvgIpc) is 2.36. The van der Waals surface area contributed by atoms with Gasteiger partial charge in [0.05, 0.1) is 10.7 Å². The van der Waals surface area contributed by atoms with Crippen molar-refractivity contribution in [1.82, 2.24) is 0 Å². The number of hydrogen-bond donors (Lipinski definition) is 2. The molecule has 0 saturated carbocycles. The Morgan fingerprint density at radius 3 is 2.83 bits per heavy atom. The van der Waals surface area contributed by atoms with Crippen molar-refractivity contribution < 1.29 is 14.3 Å². The van der Waals surface area contributed by atoms with Crippen LogP contribution in [0.15, 0.2) is 21.4 Å². The van der Waals surface area contributed by atoms with Gasteiger partial charge in [0.1, 0.15) is 12.3 Å². The second kappa shape index (κ2) is 3.73. The molecule has 12 heavy (non-hydrogen) atoms. The maximum Gasteiger partial charge on any atom is 0.320 e. The van der Waals surface area contributed by atoms with Gasteiger partial charge >= 0.3 is 5.97 Å². The molecule has 5 heteroatoms. The summed E-state index contributed by atoms with van der Waals surface area (Å²) in [5, 5.41) is 8.50. The molecule has 0 aliphatic carbocycles. The molecule has 1 aromatic rings. The van der Waals surface area contributed by atoms with Gasteiger partial charge in [0.2, 0.25) is 0 Å². The van der Waals surface area contributed by atoms with Crippen molar-refractivity contribution >= 4 is 21.9 Å². The zero-order valence-corrected chi connectivity index (χ0v) is 7.74. The van der Waals surface area contributed by atoms with Crippen molar-refractivity contribution in [2.24, 2.45) is 5.73 Å². The van der Waals surface area contributed by atoms with Gasteiger partial charge in [0.15, 0.2) is 0 Å². The lowest BCUT2D eigenvalue weighted by atomic mass is 10.1. The fraction of sp³-hybridized carbons (Fsp3) is 0.286. The van der Waals surface area contributed by atoms with Crippen molar-refractivity contribution in [3.05, 3.63) is 22.6 Å². The molecule has 0 fully saturated rings. The van der Waals surface area contributed by atoms with Gasteiger partial charge in [-0.3, -0.25) is 4.79 Å². The van der Waals surface area contributed by atoms with Crippen LogP contribution < -0.4 is 5.73 Å². The Labute approximate surface area is 77.5 Å². The zero-order chi connectivity index (χ0) is 9.14. The summed E-state index contributed by atoms with van der Waals surface area (Å²) in [7, 11) is 0. The Kier molecular flexibility index (Phi) is 2.88. The first kappa shape index (κ1) is 9.28. The molecule has 4 nitrogen and oxygen atoms in total. The van der Waals surface area contributed by atoms with Crippen LogP contribution >= 0.6 is 15.9 Å². The molecule has 1 unspecified atom stereocenters. The molecule has 0 radical (unpaired) electrons. The van der Waals surface area contributed by atoms with E-state index in [9.17, 15) is 4.79 Å². The SMILES string of the molecule is NC(Cc1cocc1Br)C(=O)O. The van der Waals surface area contributed by atoms with Gasteiger partial charge in [-0.1, -0.05) is 0 Å². The zero-order valence-electron chi connectivity index (χ0n) is 6.16. The van der Waals surface area contributed by atoms with E-state index in [4.69, 9.17) is 15.3 Å². The van der Waals surface area contributed by atoms with Gasteiger partial charge < -0.3 is 15.3 Å². The number of furan rings is 1. The van der Waals surface area contributed by atoms with Crippen LogP contribution in [-0.4, -0.2) is 17.1 Å². The molecule has 1 heterocycles. The Hall–Kier alpha value is -0.810. The molecule has 0 saturated heterocycles. The predicted octanol–water partition coefficient (Wildman–Crippen LogP) is 0.997. The minimum atomic E-state index is -1.01. The molecular weight excluding hydrogens is 226 g/mol. The summed E-state index contributed by atoms with van der Waals surface area (Å²) < 4.78 is 5.58. The van der Waals surface area contributed by atoms with Gasteiger partial charge in [0, 0.05) is 12.0 Å². The first-order valence-corrected chi connectivity index (χ1v) is 4.09. The highest BCUT2D eigenvalue weighted by molar-refractivity contribution is 9.10. The number of aliphatic carboxylic acids is 1. The maximum absolute atomic E-state index is 10.4. The predicted molar refractivity (Wildman–Crippen MR) is 45.7 cm³/mol. The number of carboxylic acids is 1. The van der Waals surface area contributed by atoms with E-state index in [0.29, 0.717) is 0 Å². The van der Waals surface area contributed by atoms with Crippen LogP contribution in [0.25, 0.3) is 0 Å². The van der Waals surface area contributed by atoms with E-state index >= 15 is 0 Å². The van der Waals surface area contributed by atoms with Crippen molar-refractivity contribution in [2.75, 3.05) is 0 Å². The highest BCUT2D eigenvalue weighted by Gasteiger charge is 2.14. The van der Waals surface area contributed by atoms with E-state index < -0.39 is 12.0 Å². The molecular formula is C7H8BrNO3. The molecule has 0 spiro atoms. The number of hydrogen-bond acceptors (Lipinski definition) is 3. The quantitative estimate of drug-likeness (QED) is 0.817. The summed E-state index contributed by atoms with van der Waals surface area (Å²) in [6.07, 6.45) is 3.24. The molecule has 0 aromatic carbocycles. The van der Waals surface area contributed by atoms with Crippen molar-refractivity contribution in [3.8, 4) is 0 Å². The van der Waals surface area contributed by atoms with E-state index in [0.717, 1.165) is 10.0 Å². The third-order valence-electron chi connectivity index (χ3n) is 1.45. The first-order valence-electron chi connectivity index (χ1n) is 3.30. The smallest absolute Gasteiger partial charge is 0.320 e. The van der Waals surface area contributed by atoms with Crippen LogP contribution in [0.3, 0.4) is 0 Å². The summed E-state index contributed by atoms with van der Waals surface area (Å²) >= 11 is 3.20. The molecule has 3 N–H and O–H groups in total. The normalized spacial score (nSPS) is 12.8. The van der Waals surface area contributed by atoms with Crippen LogP contribution in [0.5, 0.6) is 0 Å². The highest BCUT2D eigenvalue weighted by atomic mass is 79.9. The lowest BCUT2D eigenvalue weighted by Crippen LogP contribution is -2.32. The Morgan fingerprint density at radius 2 is 2.42 bits per heavy atom. The number of carboxylic acid groups (broad SMARTS) is 1. The van der Waals surface area contributed by atoms with E-state index in [-0.39, 0.29) is 6.42 Å². The monoisotopic (exact) mass is 233 g/mol. The summed E-state index contributed by atoms with van der Waals surface area (Å²) in [4.78, 5) is 10.4. The van der Waals surface area contributed by atoms with Gasteiger partial charge in [-0.15, -0.1) is 0 Å². The van der Waals surface area contributed by atoms with Crippen LogP contribution in [0.2, 0.25) is 0 Å². The molecule has 1 atom stereocenters. The van der Waals surface area contributed by atoms with Crippen molar-refractivity contribution in [1.29, 1.82) is 0 Å². The maximum atomic E-state index is 10.4. The van der Waals surface area contributed by atoms with E-state index in [1.54, 1.807) is 0 Å². The average molecular weight is 234 g/mol. The molecule has 0 aliphatic heterocycles. The van der Waals surface area contributed by atoms with Crippen LogP contribution in [0.1, 0.15) is 5.56 Å². The first-order chi connectivity index (χ1) is 5.61. The van der Waals surface area contributed by atoms with E-state index in [1.165, 1.54) is 12.5 Å². The summed E-state index contributed by atoms with van der Waals surface area (Å²) in [5.74, 6) is -1.01. The number of halogens is 1. The summed E-state index contributed by atoms with van der Waals surface area (Å²) in [6.45, 7) is 0. The van der Waals surface area contributed by atoms with Gasteiger partial charge in [-0.2, -0.15) is 0 Å². The van der Waals surface area contributed by atoms with Crippen molar-refractivity contribution in [3.63, 3.8) is 0 Å². The molecule has 0 aliphatic rings. The van der Waals surface area contributed by atoms with Crippen LogP contribution in [0, 0.1) is 0 Å². The number of rotatable bonds is 3. The summed E-state index contributed by atoms with van der Waals surface area (Å²) in [5.41, 5.74) is 6.08.